The van der Waals surface area contributed by atoms with E-state index in [9.17, 15) is 8.42 Å². The minimum atomic E-state index is -3.27. The van der Waals surface area contributed by atoms with E-state index in [2.05, 4.69) is 11.8 Å². The van der Waals surface area contributed by atoms with Crippen LogP contribution in [-0.4, -0.2) is 73.6 Å². The van der Waals surface area contributed by atoms with Gasteiger partial charge < -0.3 is 4.90 Å². The Morgan fingerprint density at radius 2 is 1.80 bits per heavy atom. The molecule has 2 saturated heterocycles. The first-order valence-electron chi connectivity index (χ1n) is 7.57. The molecule has 2 rings (SSSR count). The molecule has 0 amide bonds. The van der Waals surface area contributed by atoms with Crippen molar-refractivity contribution in [1.29, 1.82) is 0 Å². The quantitative estimate of drug-likeness (QED) is 0.730. The van der Waals surface area contributed by atoms with Gasteiger partial charge in [0.25, 0.3) is 10.2 Å². The molecule has 118 valence electrons. The number of hydrogen-bond acceptors (Lipinski definition) is 3. The molecule has 0 spiro atoms. The molecule has 0 aromatic carbocycles. The highest BCUT2D eigenvalue weighted by Gasteiger charge is 2.33. The summed E-state index contributed by atoms with van der Waals surface area (Å²) in [6.45, 7) is 7.27. The van der Waals surface area contributed by atoms with Crippen LogP contribution in [0.4, 0.5) is 0 Å². The van der Waals surface area contributed by atoms with E-state index in [1.165, 1.54) is 0 Å². The fraction of sp³-hybridized carbons (Fsp3) is 1.00. The zero-order chi connectivity index (χ0) is 14.6. The first-order chi connectivity index (χ1) is 9.54. The molecular weight excluding hydrogens is 298 g/mol. The molecule has 2 aliphatic rings. The summed E-state index contributed by atoms with van der Waals surface area (Å²) in [7, 11) is -3.27. The highest BCUT2D eigenvalue weighted by molar-refractivity contribution is 7.86. The van der Waals surface area contributed by atoms with E-state index in [0.717, 1.165) is 38.9 Å². The minimum absolute atomic E-state index is 0.471. The smallest absolute Gasteiger partial charge is 0.282 e. The average Bonchev–Trinajstić information content (AvgIpc) is 2.65. The summed E-state index contributed by atoms with van der Waals surface area (Å²) in [6.07, 6.45) is 3.00. The van der Waals surface area contributed by atoms with Gasteiger partial charge in [-0.3, -0.25) is 0 Å². The Labute approximate surface area is 128 Å². The molecular formula is C13H26ClN3O2S. The number of piperidine rings is 1. The summed E-state index contributed by atoms with van der Waals surface area (Å²) < 4.78 is 28.8. The summed E-state index contributed by atoms with van der Waals surface area (Å²) in [4.78, 5) is 2.25. The summed E-state index contributed by atoms with van der Waals surface area (Å²) >= 11 is 5.77. The third kappa shape index (κ3) is 4.07. The molecule has 7 heteroatoms. The van der Waals surface area contributed by atoms with Crippen molar-refractivity contribution in [3.63, 3.8) is 0 Å². The van der Waals surface area contributed by atoms with E-state index in [4.69, 9.17) is 11.6 Å². The fourth-order valence-corrected chi connectivity index (χ4v) is 5.08. The molecule has 0 radical (unpaired) electrons. The van der Waals surface area contributed by atoms with Crippen LogP contribution in [0.15, 0.2) is 0 Å². The van der Waals surface area contributed by atoms with E-state index in [1.54, 1.807) is 8.61 Å². The lowest BCUT2D eigenvalue weighted by Crippen LogP contribution is -2.48. The Kier molecular flexibility index (Phi) is 6.10. The van der Waals surface area contributed by atoms with Gasteiger partial charge >= 0.3 is 0 Å². The van der Waals surface area contributed by atoms with Gasteiger partial charge in [0.2, 0.25) is 0 Å². The van der Waals surface area contributed by atoms with Crippen molar-refractivity contribution in [1.82, 2.24) is 13.5 Å². The summed E-state index contributed by atoms with van der Waals surface area (Å²) in [5, 5.41) is 0. The molecule has 0 aromatic heterocycles. The highest BCUT2D eigenvalue weighted by Crippen LogP contribution is 2.21. The number of hydrogen-bond donors (Lipinski definition) is 0. The maximum Gasteiger partial charge on any atom is 0.282 e. The molecule has 2 fully saturated rings. The summed E-state index contributed by atoms with van der Waals surface area (Å²) in [5.74, 6) is 1.08. The van der Waals surface area contributed by atoms with Gasteiger partial charge in [-0.2, -0.15) is 17.0 Å². The van der Waals surface area contributed by atoms with Gasteiger partial charge in [0, 0.05) is 45.1 Å². The van der Waals surface area contributed by atoms with Crippen LogP contribution in [0, 0.1) is 5.92 Å². The average molecular weight is 324 g/mol. The Morgan fingerprint density at radius 1 is 1.05 bits per heavy atom. The molecule has 0 aromatic rings. The van der Waals surface area contributed by atoms with Crippen LogP contribution in [0.5, 0.6) is 0 Å². The monoisotopic (exact) mass is 323 g/mol. The van der Waals surface area contributed by atoms with Crippen molar-refractivity contribution >= 4 is 21.8 Å². The Balaban J connectivity index is 1.98. The van der Waals surface area contributed by atoms with Gasteiger partial charge in [-0.15, -0.1) is 11.6 Å². The van der Waals surface area contributed by atoms with E-state index in [0.29, 0.717) is 38.0 Å². The van der Waals surface area contributed by atoms with Crippen LogP contribution in [0.3, 0.4) is 0 Å². The van der Waals surface area contributed by atoms with Gasteiger partial charge in [-0.1, -0.05) is 6.92 Å². The molecule has 0 bridgehead atoms. The van der Waals surface area contributed by atoms with Crippen molar-refractivity contribution in [2.75, 3.05) is 51.7 Å². The third-order valence-electron chi connectivity index (χ3n) is 4.22. The predicted molar refractivity (Wildman–Crippen MR) is 82.2 cm³/mol. The Morgan fingerprint density at radius 3 is 2.50 bits per heavy atom. The van der Waals surface area contributed by atoms with Crippen LogP contribution in [0.25, 0.3) is 0 Å². The minimum Gasteiger partial charge on any atom is -0.301 e. The SMILES string of the molecule is CC1CCCN(S(=O)(=O)N2CCCN(CCCl)CC2)C1. The number of alkyl halides is 1. The van der Waals surface area contributed by atoms with Gasteiger partial charge in [0.1, 0.15) is 0 Å². The number of rotatable bonds is 4. The highest BCUT2D eigenvalue weighted by atomic mass is 35.5. The Bertz CT molecular complexity index is 404. The molecule has 2 heterocycles. The van der Waals surface area contributed by atoms with Gasteiger partial charge in [0.15, 0.2) is 0 Å². The molecule has 2 aliphatic heterocycles. The van der Waals surface area contributed by atoms with Gasteiger partial charge in [-0.05, 0) is 31.7 Å². The van der Waals surface area contributed by atoms with Crippen molar-refractivity contribution in [2.45, 2.75) is 26.2 Å². The van der Waals surface area contributed by atoms with Crippen LogP contribution >= 0.6 is 11.6 Å². The molecule has 0 aliphatic carbocycles. The largest absolute Gasteiger partial charge is 0.301 e. The van der Waals surface area contributed by atoms with E-state index < -0.39 is 10.2 Å². The fourth-order valence-electron chi connectivity index (χ4n) is 3.04. The molecule has 20 heavy (non-hydrogen) atoms. The second-order valence-corrected chi connectivity index (χ2v) is 8.20. The first-order valence-corrected chi connectivity index (χ1v) is 9.50. The lowest BCUT2D eigenvalue weighted by Gasteiger charge is -2.34. The number of nitrogens with zero attached hydrogens (tertiary/aromatic N) is 3. The lowest BCUT2D eigenvalue weighted by atomic mass is 10.0. The van der Waals surface area contributed by atoms with Crippen molar-refractivity contribution in [2.24, 2.45) is 5.92 Å². The molecule has 1 unspecified atom stereocenters. The van der Waals surface area contributed by atoms with Crippen molar-refractivity contribution < 1.29 is 8.42 Å². The zero-order valence-electron chi connectivity index (χ0n) is 12.3. The standard InChI is InChI=1S/C13H26ClN3O2S/c1-13-4-2-7-17(12-13)20(18,19)16-8-3-6-15(9-5-14)10-11-16/h13H,2-12H2,1H3. The topological polar surface area (TPSA) is 43.9 Å². The summed E-state index contributed by atoms with van der Waals surface area (Å²) in [6, 6.07) is 0. The summed E-state index contributed by atoms with van der Waals surface area (Å²) in [5.41, 5.74) is 0. The number of halogens is 1. The first kappa shape index (κ1) is 16.5. The molecule has 1 atom stereocenters. The molecule has 0 saturated carbocycles. The van der Waals surface area contributed by atoms with Gasteiger partial charge in [-0.25, -0.2) is 0 Å². The normalized spacial score (nSPS) is 28.4. The van der Waals surface area contributed by atoms with Gasteiger partial charge in [0.05, 0.1) is 0 Å². The maximum absolute atomic E-state index is 12.7. The van der Waals surface area contributed by atoms with E-state index in [-0.39, 0.29) is 0 Å². The second kappa shape index (κ2) is 7.40. The van der Waals surface area contributed by atoms with Crippen LogP contribution in [-0.2, 0) is 10.2 Å². The van der Waals surface area contributed by atoms with Crippen LogP contribution in [0.2, 0.25) is 0 Å². The van der Waals surface area contributed by atoms with Crippen molar-refractivity contribution in [3.05, 3.63) is 0 Å². The zero-order valence-corrected chi connectivity index (χ0v) is 13.9. The van der Waals surface area contributed by atoms with Crippen molar-refractivity contribution in [3.8, 4) is 0 Å². The lowest BCUT2D eigenvalue weighted by molar-refractivity contribution is 0.256. The predicted octanol–water partition coefficient (Wildman–Crippen LogP) is 1.21. The molecule has 0 N–H and O–H groups in total. The third-order valence-corrected chi connectivity index (χ3v) is 6.39. The maximum atomic E-state index is 12.7. The van der Waals surface area contributed by atoms with E-state index in [1.807, 2.05) is 0 Å². The second-order valence-electron chi connectivity index (χ2n) is 5.90. The van der Waals surface area contributed by atoms with Crippen LogP contribution < -0.4 is 0 Å². The van der Waals surface area contributed by atoms with Crippen LogP contribution in [0.1, 0.15) is 26.2 Å². The molecule has 5 nitrogen and oxygen atoms in total. The Hall–Kier alpha value is 0.120. The van der Waals surface area contributed by atoms with E-state index >= 15 is 0 Å².